The van der Waals surface area contributed by atoms with Crippen LogP contribution in [-0.4, -0.2) is 62.2 Å². The molecule has 1 heterocycles. The van der Waals surface area contributed by atoms with Gasteiger partial charge in [0.05, 0.1) is 12.1 Å². The summed E-state index contributed by atoms with van der Waals surface area (Å²) in [6, 6.07) is -2.00. The van der Waals surface area contributed by atoms with Crippen molar-refractivity contribution in [3.8, 4) is 0 Å². The molecule has 1 fully saturated rings. The third kappa shape index (κ3) is 3.02. The molecule has 1 rings (SSSR count). The minimum Gasteiger partial charge on any atom is -0.377 e. The highest BCUT2D eigenvalue weighted by Gasteiger charge is 2.69. The van der Waals surface area contributed by atoms with E-state index in [-0.39, 0.29) is 0 Å². The summed E-state index contributed by atoms with van der Waals surface area (Å²) in [6.07, 6.45) is -6.61. The van der Waals surface area contributed by atoms with Crippen molar-refractivity contribution in [2.45, 2.75) is 55.3 Å². The average Bonchev–Trinajstić information content (AvgIpc) is 2.39. The lowest BCUT2D eigenvalue weighted by molar-refractivity contribution is -0.244. The van der Waals surface area contributed by atoms with Gasteiger partial charge >= 0.3 is 12.1 Å². The predicted molar refractivity (Wildman–Crippen MR) is 72.5 cm³/mol. The summed E-state index contributed by atoms with van der Waals surface area (Å²) in [4.78, 5) is 34.8. The van der Waals surface area contributed by atoms with Gasteiger partial charge < -0.3 is 20.3 Å². The highest BCUT2D eigenvalue weighted by atomic mass is 79.9. The maximum atomic E-state index is 12.5. The Balaban J connectivity index is 3.45. The molecule has 1 aliphatic heterocycles. The molecule has 132 valence electrons. The zero-order valence-electron chi connectivity index (χ0n) is 12.3. The van der Waals surface area contributed by atoms with E-state index in [9.17, 15) is 37.8 Å². The number of ether oxygens (including phenoxy) is 1. The second-order valence-corrected chi connectivity index (χ2v) is 6.08. The maximum absolute atomic E-state index is 12.5. The van der Waals surface area contributed by atoms with Crippen LogP contribution < -0.4 is 5.32 Å². The van der Waals surface area contributed by atoms with E-state index in [1.165, 1.54) is 12.2 Å². The first kappa shape index (κ1) is 20.0. The number of halogens is 4. The number of amides is 1. The van der Waals surface area contributed by atoms with Crippen LogP contribution in [0.3, 0.4) is 0 Å². The summed E-state index contributed by atoms with van der Waals surface area (Å²) in [7, 11) is 0. The summed E-state index contributed by atoms with van der Waals surface area (Å²) in [5, 5.41) is 21.0. The predicted octanol–water partition coefficient (Wildman–Crippen LogP) is -0.187. The Bertz CT molecular complexity index is 541. The first-order valence-electron chi connectivity index (χ1n) is 6.34. The molecule has 23 heavy (non-hydrogen) atoms. The molecule has 1 aliphatic rings. The van der Waals surface area contributed by atoms with Gasteiger partial charge in [-0.2, -0.15) is 13.2 Å². The van der Waals surface area contributed by atoms with Gasteiger partial charge in [0.1, 0.15) is 0 Å². The number of hydrogen-bond donors (Lipinski definition) is 3. The van der Waals surface area contributed by atoms with Gasteiger partial charge in [0.15, 0.2) is 27.8 Å². The van der Waals surface area contributed by atoms with Gasteiger partial charge in [0.2, 0.25) is 0 Å². The summed E-state index contributed by atoms with van der Waals surface area (Å²) in [5.74, 6) is -4.78. The van der Waals surface area contributed by atoms with E-state index in [0.717, 1.165) is 13.8 Å². The second-order valence-electron chi connectivity index (χ2n) is 5.25. The molecule has 0 aromatic rings. The molecule has 0 bridgehead atoms. The lowest BCUT2D eigenvalue weighted by Crippen LogP contribution is -2.80. The average molecular weight is 406 g/mol. The topological polar surface area (TPSA) is 113 Å². The van der Waals surface area contributed by atoms with Gasteiger partial charge in [-0.3, -0.25) is 14.4 Å². The third-order valence-electron chi connectivity index (χ3n) is 3.78. The van der Waals surface area contributed by atoms with Crippen LogP contribution in [0, 0.1) is 0 Å². The fourth-order valence-corrected chi connectivity index (χ4v) is 3.49. The summed E-state index contributed by atoms with van der Waals surface area (Å²) >= 11 is 2.79. The van der Waals surface area contributed by atoms with Crippen LogP contribution in [0.2, 0.25) is 0 Å². The number of ketones is 2. The van der Waals surface area contributed by atoms with E-state index >= 15 is 0 Å². The molecule has 7 nitrogen and oxygen atoms in total. The number of carbonyl (C=O) groups is 3. The van der Waals surface area contributed by atoms with E-state index in [1.54, 1.807) is 0 Å². The fourth-order valence-electron chi connectivity index (χ4n) is 2.48. The standard InChI is InChI=1S/C12H15BrF3NO6/c1-4-7(17-9(20)12(14,15)16)10(21,5(2)18)11(22,6(3)19)8(13)23-4/h4,7-8,21-22H,1-3H3,(H,17,20)/t4-,7-,8?,10+,11+/m1/s1. The molecule has 5 atom stereocenters. The number of hydrogen-bond acceptors (Lipinski definition) is 6. The van der Waals surface area contributed by atoms with Gasteiger partial charge in [0.25, 0.3) is 0 Å². The molecule has 0 aromatic heterocycles. The zero-order chi connectivity index (χ0) is 18.4. The molecule has 0 aromatic carbocycles. The number of rotatable bonds is 3. The molecular formula is C12H15BrF3NO6. The van der Waals surface area contributed by atoms with Crippen molar-refractivity contribution in [2.24, 2.45) is 0 Å². The molecule has 0 radical (unpaired) electrons. The van der Waals surface area contributed by atoms with Gasteiger partial charge in [-0.25, -0.2) is 0 Å². The highest BCUT2D eigenvalue weighted by molar-refractivity contribution is 9.09. The van der Waals surface area contributed by atoms with Gasteiger partial charge in [-0.05, 0) is 20.8 Å². The van der Waals surface area contributed by atoms with Crippen molar-refractivity contribution < 1.29 is 42.5 Å². The first-order chi connectivity index (χ1) is 10.2. The maximum Gasteiger partial charge on any atom is 0.471 e. The molecular weight excluding hydrogens is 391 g/mol. The van der Waals surface area contributed by atoms with E-state index < -0.39 is 52.0 Å². The molecule has 1 saturated heterocycles. The summed E-state index contributed by atoms with van der Waals surface area (Å²) in [6.45, 7) is 2.77. The minimum atomic E-state index is -5.29. The largest absolute Gasteiger partial charge is 0.471 e. The van der Waals surface area contributed by atoms with Crippen LogP contribution in [0.15, 0.2) is 0 Å². The van der Waals surface area contributed by atoms with Crippen molar-refractivity contribution in [3.05, 3.63) is 0 Å². The van der Waals surface area contributed by atoms with Crippen LogP contribution in [0.1, 0.15) is 20.8 Å². The van der Waals surface area contributed by atoms with Crippen molar-refractivity contribution in [2.75, 3.05) is 0 Å². The monoisotopic (exact) mass is 405 g/mol. The van der Waals surface area contributed by atoms with E-state index in [4.69, 9.17) is 4.74 Å². The first-order valence-corrected chi connectivity index (χ1v) is 7.26. The smallest absolute Gasteiger partial charge is 0.377 e. The lowest BCUT2D eigenvalue weighted by atomic mass is 9.69. The Kier molecular flexibility index (Phi) is 5.32. The van der Waals surface area contributed by atoms with Gasteiger partial charge in [-0.1, -0.05) is 15.9 Å². The quantitative estimate of drug-likeness (QED) is 0.561. The number of nitrogens with one attached hydrogen (secondary N) is 1. The molecule has 3 N–H and O–H groups in total. The van der Waals surface area contributed by atoms with Crippen molar-refractivity contribution >= 4 is 33.4 Å². The Morgan fingerprint density at radius 3 is 1.91 bits per heavy atom. The Hall–Kier alpha value is -1.04. The van der Waals surface area contributed by atoms with Crippen LogP contribution in [-0.2, 0) is 19.1 Å². The number of carbonyl (C=O) groups excluding carboxylic acids is 3. The van der Waals surface area contributed by atoms with E-state index in [0.29, 0.717) is 0 Å². The lowest BCUT2D eigenvalue weighted by Gasteiger charge is -2.52. The Labute approximate surface area is 137 Å². The minimum absolute atomic E-state index is 0.776. The molecule has 0 saturated carbocycles. The SMILES string of the molecule is CC(=O)[C@]1(O)C(Br)O[C@H](C)[C@@H](NC(=O)C(F)(F)F)[C@@]1(O)C(C)=O. The molecule has 0 aliphatic carbocycles. The number of Topliss-reactive ketones (excluding diaryl/α,β-unsaturated/α-hetero) is 2. The van der Waals surface area contributed by atoms with Crippen LogP contribution in [0.25, 0.3) is 0 Å². The van der Waals surface area contributed by atoms with Crippen LogP contribution >= 0.6 is 15.9 Å². The summed E-state index contributed by atoms with van der Waals surface area (Å²) in [5.41, 5.74) is -5.92. The Morgan fingerprint density at radius 1 is 1.13 bits per heavy atom. The molecule has 1 amide bonds. The number of alkyl halides is 4. The third-order valence-corrected chi connectivity index (χ3v) is 4.66. The molecule has 1 unspecified atom stereocenters. The fraction of sp³-hybridized carbons (Fsp3) is 0.750. The normalized spacial score (nSPS) is 38.0. The van der Waals surface area contributed by atoms with Crippen molar-refractivity contribution in [3.63, 3.8) is 0 Å². The highest BCUT2D eigenvalue weighted by Crippen LogP contribution is 2.42. The number of aliphatic hydroxyl groups is 2. The van der Waals surface area contributed by atoms with Gasteiger partial charge in [0, 0.05) is 0 Å². The van der Waals surface area contributed by atoms with E-state index in [2.05, 4.69) is 15.9 Å². The van der Waals surface area contributed by atoms with E-state index in [1.807, 2.05) is 0 Å². The van der Waals surface area contributed by atoms with Crippen molar-refractivity contribution in [1.29, 1.82) is 0 Å². The van der Waals surface area contributed by atoms with Crippen LogP contribution in [0.5, 0.6) is 0 Å². The zero-order valence-corrected chi connectivity index (χ0v) is 13.9. The summed E-state index contributed by atoms with van der Waals surface area (Å²) < 4.78 is 42.4. The Morgan fingerprint density at radius 2 is 1.57 bits per heavy atom. The van der Waals surface area contributed by atoms with Crippen LogP contribution in [0.4, 0.5) is 13.2 Å². The molecule has 0 spiro atoms. The van der Waals surface area contributed by atoms with Crippen molar-refractivity contribution in [1.82, 2.24) is 5.32 Å². The molecule has 11 heteroatoms. The second kappa shape index (κ2) is 6.11. The van der Waals surface area contributed by atoms with Gasteiger partial charge in [-0.15, -0.1) is 0 Å².